The van der Waals surface area contributed by atoms with Gasteiger partial charge in [-0.25, -0.2) is 8.42 Å². The Bertz CT molecular complexity index is 866. The number of fused-ring (bicyclic) bond motifs is 1. The first-order chi connectivity index (χ1) is 11.3. The molecule has 2 aromatic rings. The van der Waals surface area contributed by atoms with E-state index in [1.165, 1.54) is 0 Å². The van der Waals surface area contributed by atoms with Crippen LogP contribution in [-0.2, 0) is 14.6 Å². The van der Waals surface area contributed by atoms with Gasteiger partial charge in [0.25, 0.3) is 0 Å². The zero-order chi connectivity index (χ0) is 17.5. The van der Waals surface area contributed by atoms with E-state index in [0.29, 0.717) is 16.2 Å². The highest BCUT2D eigenvalue weighted by Crippen LogP contribution is 2.33. The minimum absolute atomic E-state index is 0.0514. The summed E-state index contributed by atoms with van der Waals surface area (Å²) in [6.45, 7) is 5.61. The summed E-state index contributed by atoms with van der Waals surface area (Å²) in [7, 11) is -3.33. The normalized spacial score (nSPS) is 19.7. The Morgan fingerprint density at radius 2 is 2.08 bits per heavy atom. The molecule has 0 saturated heterocycles. The average Bonchev–Trinajstić information content (AvgIpc) is 2.97. The van der Waals surface area contributed by atoms with Gasteiger partial charge in [-0.15, -0.1) is 0 Å². The fourth-order valence-corrected chi connectivity index (χ4v) is 5.13. The number of aromatic nitrogens is 1. The molecule has 1 amide bonds. The summed E-state index contributed by atoms with van der Waals surface area (Å²) >= 11 is 0. The average molecular weight is 348 g/mol. The van der Waals surface area contributed by atoms with Gasteiger partial charge < -0.3 is 9.84 Å². The Morgan fingerprint density at radius 1 is 1.38 bits per heavy atom. The van der Waals surface area contributed by atoms with Crippen LogP contribution in [0.2, 0.25) is 0 Å². The fourth-order valence-electron chi connectivity index (χ4n) is 3.40. The quantitative estimate of drug-likeness (QED) is 0.916. The van der Waals surface area contributed by atoms with E-state index in [0.717, 1.165) is 11.3 Å². The van der Waals surface area contributed by atoms with Crippen LogP contribution in [0.15, 0.2) is 33.7 Å². The SMILES string of the molecule is Cc1noc(C)c1[C@@H](C)CC(=O)N[C@@H]1CS(=O)(=O)c2ccccc21. The number of amides is 1. The summed E-state index contributed by atoms with van der Waals surface area (Å²) in [4.78, 5) is 12.7. The van der Waals surface area contributed by atoms with Gasteiger partial charge in [-0.2, -0.15) is 0 Å². The molecule has 2 atom stereocenters. The molecule has 24 heavy (non-hydrogen) atoms. The van der Waals surface area contributed by atoms with Crippen LogP contribution < -0.4 is 5.32 Å². The van der Waals surface area contributed by atoms with Crippen molar-refractivity contribution in [1.82, 2.24) is 10.5 Å². The number of nitrogens with one attached hydrogen (secondary N) is 1. The highest BCUT2D eigenvalue weighted by atomic mass is 32.2. The van der Waals surface area contributed by atoms with Crippen molar-refractivity contribution in [3.05, 3.63) is 46.8 Å². The van der Waals surface area contributed by atoms with E-state index in [4.69, 9.17) is 4.52 Å². The van der Waals surface area contributed by atoms with E-state index < -0.39 is 15.9 Å². The Balaban J connectivity index is 1.73. The van der Waals surface area contributed by atoms with Crippen LogP contribution in [0, 0.1) is 13.8 Å². The smallest absolute Gasteiger partial charge is 0.221 e. The molecule has 6 nitrogen and oxygen atoms in total. The Kier molecular flexibility index (Phi) is 4.21. The number of carbonyl (C=O) groups excluding carboxylic acids is 1. The standard InChI is InChI=1S/C17H20N2O4S/c1-10(17-11(2)19-23-12(17)3)8-16(20)18-14-9-24(21,22)15-7-5-4-6-13(14)15/h4-7,10,14H,8-9H2,1-3H3,(H,18,20)/t10-,14+/m0/s1. The highest BCUT2D eigenvalue weighted by molar-refractivity contribution is 7.91. The van der Waals surface area contributed by atoms with Crippen LogP contribution in [0.1, 0.15) is 47.9 Å². The van der Waals surface area contributed by atoms with Crippen molar-refractivity contribution in [3.63, 3.8) is 0 Å². The van der Waals surface area contributed by atoms with Crippen LogP contribution in [0.4, 0.5) is 0 Å². The second-order valence-corrected chi connectivity index (χ2v) is 8.29. The minimum atomic E-state index is -3.33. The number of carbonyl (C=O) groups is 1. The molecule has 0 fully saturated rings. The van der Waals surface area contributed by atoms with Crippen molar-refractivity contribution in [2.24, 2.45) is 0 Å². The first-order valence-corrected chi connectivity index (χ1v) is 9.48. The molecule has 0 bridgehead atoms. The summed E-state index contributed by atoms with van der Waals surface area (Å²) in [5.74, 6) is 0.392. The number of benzene rings is 1. The molecule has 1 aliphatic heterocycles. The van der Waals surface area contributed by atoms with Gasteiger partial charge in [0.15, 0.2) is 9.84 Å². The van der Waals surface area contributed by atoms with E-state index in [1.54, 1.807) is 24.3 Å². The van der Waals surface area contributed by atoms with Crippen molar-refractivity contribution in [2.45, 2.75) is 44.0 Å². The fraction of sp³-hybridized carbons (Fsp3) is 0.412. The third kappa shape index (κ3) is 2.96. The number of hydrogen-bond acceptors (Lipinski definition) is 5. The zero-order valence-electron chi connectivity index (χ0n) is 13.9. The summed E-state index contributed by atoms with van der Waals surface area (Å²) < 4.78 is 29.5. The third-order valence-corrected chi connectivity index (χ3v) is 6.24. The lowest BCUT2D eigenvalue weighted by Crippen LogP contribution is -2.30. The lowest BCUT2D eigenvalue weighted by molar-refractivity contribution is -0.122. The van der Waals surface area contributed by atoms with Crippen LogP contribution in [0.25, 0.3) is 0 Å². The molecule has 2 heterocycles. The summed E-state index contributed by atoms with van der Waals surface area (Å²) in [6.07, 6.45) is 0.252. The second kappa shape index (κ2) is 6.05. The summed E-state index contributed by atoms with van der Waals surface area (Å²) in [6, 6.07) is 6.33. The topological polar surface area (TPSA) is 89.3 Å². The van der Waals surface area contributed by atoms with Crippen molar-refractivity contribution >= 4 is 15.7 Å². The lowest BCUT2D eigenvalue weighted by Gasteiger charge is -2.15. The monoisotopic (exact) mass is 348 g/mol. The number of rotatable bonds is 4. The number of nitrogens with zero attached hydrogens (tertiary/aromatic N) is 1. The maximum atomic E-state index is 12.4. The first-order valence-electron chi connectivity index (χ1n) is 7.83. The minimum Gasteiger partial charge on any atom is -0.361 e. The molecule has 1 N–H and O–H groups in total. The van der Waals surface area contributed by atoms with Gasteiger partial charge >= 0.3 is 0 Å². The molecular formula is C17H20N2O4S. The van der Waals surface area contributed by atoms with E-state index in [1.807, 2.05) is 20.8 Å². The van der Waals surface area contributed by atoms with Crippen molar-refractivity contribution in [2.75, 3.05) is 5.75 Å². The van der Waals surface area contributed by atoms with Crippen LogP contribution in [-0.4, -0.2) is 25.2 Å². The predicted molar refractivity (Wildman–Crippen MR) is 88.4 cm³/mol. The Morgan fingerprint density at radius 3 is 2.75 bits per heavy atom. The second-order valence-electron chi connectivity index (χ2n) is 6.28. The van der Waals surface area contributed by atoms with Gasteiger partial charge in [0.05, 0.1) is 22.4 Å². The van der Waals surface area contributed by atoms with Gasteiger partial charge in [-0.1, -0.05) is 30.3 Å². The molecule has 0 spiro atoms. The molecule has 0 aliphatic carbocycles. The zero-order valence-corrected chi connectivity index (χ0v) is 14.7. The van der Waals surface area contributed by atoms with E-state index in [2.05, 4.69) is 10.5 Å². The van der Waals surface area contributed by atoms with E-state index >= 15 is 0 Å². The molecule has 1 aromatic heterocycles. The summed E-state index contributed by atoms with van der Waals surface area (Å²) in [5.41, 5.74) is 2.38. The molecule has 1 aliphatic rings. The highest BCUT2D eigenvalue weighted by Gasteiger charge is 2.35. The van der Waals surface area contributed by atoms with Crippen molar-refractivity contribution in [1.29, 1.82) is 0 Å². The molecule has 1 aromatic carbocycles. The molecule has 0 unspecified atom stereocenters. The largest absolute Gasteiger partial charge is 0.361 e. The molecular weight excluding hydrogens is 328 g/mol. The Hall–Kier alpha value is -2.15. The molecule has 7 heteroatoms. The lowest BCUT2D eigenvalue weighted by atomic mass is 9.95. The number of hydrogen-bond donors (Lipinski definition) is 1. The van der Waals surface area contributed by atoms with Crippen LogP contribution in [0.3, 0.4) is 0 Å². The van der Waals surface area contributed by atoms with Gasteiger partial charge in [-0.05, 0) is 31.4 Å². The summed E-state index contributed by atoms with van der Waals surface area (Å²) in [5, 5.41) is 6.76. The van der Waals surface area contributed by atoms with Gasteiger partial charge in [0.2, 0.25) is 5.91 Å². The van der Waals surface area contributed by atoms with Crippen LogP contribution >= 0.6 is 0 Å². The van der Waals surface area contributed by atoms with Gasteiger partial charge in [0, 0.05) is 12.0 Å². The maximum Gasteiger partial charge on any atom is 0.221 e. The van der Waals surface area contributed by atoms with E-state index in [-0.39, 0.29) is 24.0 Å². The first kappa shape index (κ1) is 16.7. The van der Waals surface area contributed by atoms with Crippen molar-refractivity contribution in [3.8, 4) is 0 Å². The molecule has 128 valence electrons. The predicted octanol–water partition coefficient (Wildman–Crippen LogP) is 2.43. The van der Waals surface area contributed by atoms with Crippen LogP contribution in [0.5, 0.6) is 0 Å². The van der Waals surface area contributed by atoms with E-state index in [9.17, 15) is 13.2 Å². The number of sulfone groups is 1. The Labute approximate surface area is 141 Å². The van der Waals surface area contributed by atoms with Gasteiger partial charge in [0.1, 0.15) is 5.76 Å². The molecule has 3 rings (SSSR count). The van der Waals surface area contributed by atoms with Crippen molar-refractivity contribution < 1.29 is 17.7 Å². The van der Waals surface area contributed by atoms with Gasteiger partial charge in [-0.3, -0.25) is 4.79 Å². The maximum absolute atomic E-state index is 12.4. The number of aryl methyl sites for hydroxylation is 2. The molecule has 0 radical (unpaired) electrons. The molecule has 0 saturated carbocycles. The third-order valence-electron chi connectivity index (χ3n) is 4.42.